The molecule has 1 aliphatic carbocycles. The van der Waals surface area contributed by atoms with Gasteiger partial charge in [0.1, 0.15) is 5.78 Å². The SMILES string of the molecule is CC(=O)C1(c2cn(C)nc2C(C)(C)C)CC1. The second kappa shape index (κ2) is 3.19. The Morgan fingerprint density at radius 1 is 1.44 bits per heavy atom. The van der Waals surface area contributed by atoms with Gasteiger partial charge in [-0.2, -0.15) is 5.10 Å². The van der Waals surface area contributed by atoms with Crippen LogP contribution < -0.4 is 0 Å². The smallest absolute Gasteiger partial charge is 0.140 e. The van der Waals surface area contributed by atoms with E-state index in [-0.39, 0.29) is 16.6 Å². The number of Topliss-reactive ketones (excluding diaryl/α,β-unsaturated/α-hetero) is 1. The zero-order chi connectivity index (χ0) is 12.1. The molecule has 0 unspecified atom stereocenters. The van der Waals surface area contributed by atoms with Gasteiger partial charge < -0.3 is 0 Å². The van der Waals surface area contributed by atoms with Crippen molar-refractivity contribution >= 4 is 5.78 Å². The quantitative estimate of drug-likeness (QED) is 0.766. The van der Waals surface area contributed by atoms with E-state index in [1.54, 1.807) is 6.92 Å². The highest BCUT2D eigenvalue weighted by atomic mass is 16.1. The monoisotopic (exact) mass is 220 g/mol. The van der Waals surface area contributed by atoms with Gasteiger partial charge in [-0.3, -0.25) is 9.48 Å². The molecule has 0 amide bonds. The normalized spacial score (nSPS) is 18.6. The van der Waals surface area contributed by atoms with Crippen molar-refractivity contribution < 1.29 is 4.79 Å². The molecule has 0 atom stereocenters. The minimum Gasteiger partial charge on any atom is -0.299 e. The standard InChI is InChI=1S/C13H20N2O/c1-9(16)13(6-7-13)10-8-15(5)14-11(10)12(2,3)4/h8H,6-7H2,1-5H3. The average Bonchev–Trinajstić information content (AvgIpc) is 2.83. The molecule has 0 N–H and O–H groups in total. The van der Waals surface area contributed by atoms with Crippen LogP contribution in [0.5, 0.6) is 0 Å². The van der Waals surface area contributed by atoms with Crippen LogP contribution in [0.25, 0.3) is 0 Å². The van der Waals surface area contributed by atoms with Gasteiger partial charge in [0, 0.05) is 24.2 Å². The van der Waals surface area contributed by atoms with Crippen molar-refractivity contribution in [3.05, 3.63) is 17.5 Å². The van der Waals surface area contributed by atoms with Crippen molar-refractivity contribution in [1.29, 1.82) is 0 Å². The third-order valence-electron chi connectivity index (χ3n) is 3.48. The Kier molecular flexibility index (Phi) is 2.26. The third kappa shape index (κ3) is 1.58. The van der Waals surface area contributed by atoms with Gasteiger partial charge in [-0.25, -0.2) is 0 Å². The summed E-state index contributed by atoms with van der Waals surface area (Å²) in [5.41, 5.74) is 2.01. The lowest BCUT2D eigenvalue weighted by atomic mass is 9.82. The maximum Gasteiger partial charge on any atom is 0.140 e. The van der Waals surface area contributed by atoms with Gasteiger partial charge in [0.25, 0.3) is 0 Å². The zero-order valence-corrected chi connectivity index (χ0v) is 10.8. The third-order valence-corrected chi connectivity index (χ3v) is 3.48. The van der Waals surface area contributed by atoms with Gasteiger partial charge in [0.05, 0.1) is 11.1 Å². The predicted octanol–water partition coefficient (Wildman–Crippen LogP) is 2.34. The van der Waals surface area contributed by atoms with Crippen molar-refractivity contribution in [1.82, 2.24) is 9.78 Å². The summed E-state index contributed by atoms with van der Waals surface area (Å²) in [6.07, 6.45) is 3.99. The summed E-state index contributed by atoms with van der Waals surface area (Å²) in [6, 6.07) is 0. The van der Waals surface area contributed by atoms with Crippen LogP contribution in [0.2, 0.25) is 0 Å². The van der Waals surface area contributed by atoms with Crippen LogP contribution in [0.1, 0.15) is 51.8 Å². The number of aromatic nitrogens is 2. The molecule has 1 aliphatic rings. The van der Waals surface area contributed by atoms with Crippen molar-refractivity contribution in [3.8, 4) is 0 Å². The maximum atomic E-state index is 11.8. The van der Waals surface area contributed by atoms with Crippen LogP contribution >= 0.6 is 0 Å². The topological polar surface area (TPSA) is 34.9 Å². The number of rotatable bonds is 2. The summed E-state index contributed by atoms with van der Waals surface area (Å²) in [6.45, 7) is 8.14. The lowest BCUT2D eigenvalue weighted by molar-refractivity contribution is -0.119. The van der Waals surface area contributed by atoms with Crippen molar-refractivity contribution in [3.63, 3.8) is 0 Å². The Balaban J connectivity index is 2.54. The first kappa shape index (κ1) is 11.4. The van der Waals surface area contributed by atoms with E-state index >= 15 is 0 Å². The maximum absolute atomic E-state index is 11.8. The van der Waals surface area contributed by atoms with Gasteiger partial charge in [0.15, 0.2) is 0 Å². The highest BCUT2D eigenvalue weighted by Crippen LogP contribution is 2.51. The molecule has 88 valence electrons. The molecule has 3 nitrogen and oxygen atoms in total. The molecule has 1 fully saturated rings. The molecule has 1 aromatic rings. The van der Waals surface area contributed by atoms with E-state index in [1.807, 2.05) is 17.9 Å². The fourth-order valence-electron chi connectivity index (χ4n) is 2.33. The van der Waals surface area contributed by atoms with Crippen molar-refractivity contribution in [2.45, 2.75) is 51.4 Å². The lowest BCUT2D eigenvalue weighted by Crippen LogP contribution is -2.23. The molecule has 3 heteroatoms. The molecular weight excluding hydrogens is 200 g/mol. The predicted molar refractivity (Wildman–Crippen MR) is 63.5 cm³/mol. The lowest BCUT2D eigenvalue weighted by Gasteiger charge is -2.20. The summed E-state index contributed by atoms with van der Waals surface area (Å²) < 4.78 is 1.83. The molecular formula is C13H20N2O. The second-order valence-electron chi connectivity index (χ2n) is 5.95. The Morgan fingerprint density at radius 2 is 2.00 bits per heavy atom. The van der Waals surface area contributed by atoms with Gasteiger partial charge in [-0.05, 0) is 19.8 Å². The molecule has 2 rings (SSSR count). The fraction of sp³-hybridized carbons (Fsp3) is 0.692. The van der Waals surface area contributed by atoms with Gasteiger partial charge >= 0.3 is 0 Å². The molecule has 0 aromatic carbocycles. The van der Waals surface area contributed by atoms with E-state index in [9.17, 15) is 4.79 Å². The molecule has 0 bridgehead atoms. The number of hydrogen-bond donors (Lipinski definition) is 0. The van der Waals surface area contributed by atoms with Crippen LogP contribution in [-0.4, -0.2) is 15.6 Å². The highest BCUT2D eigenvalue weighted by molar-refractivity contribution is 5.91. The molecule has 0 aliphatic heterocycles. The van der Waals surface area contributed by atoms with Gasteiger partial charge in [-0.1, -0.05) is 20.8 Å². The minimum absolute atomic E-state index is 0.00162. The summed E-state index contributed by atoms with van der Waals surface area (Å²) in [5.74, 6) is 0.283. The Bertz CT molecular complexity index is 433. The molecule has 16 heavy (non-hydrogen) atoms. The molecule has 1 aromatic heterocycles. The first-order valence-corrected chi connectivity index (χ1v) is 5.83. The molecule has 0 radical (unpaired) electrons. The Morgan fingerprint density at radius 3 is 2.38 bits per heavy atom. The van der Waals surface area contributed by atoms with E-state index in [0.29, 0.717) is 0 Å². The number of nitrogens with zero attached hydrogens (tertiary/aromatic N) is 2. The molecule has 0 spiro atoms. The summed E-state index contributed by atoms with van der Waals surface area (Å²) in [4.78, 5) is 11.8. The largest absolute Gasteiger partial charge is 0.299 e. The second-order valence-corrected chi connectivity index (χ2v) is 5.95. The number of carbonyl (C=O) groups excluding carboxylic acids is 1. The molecule has 1 heterocycles. The summed E-state index contributed by atoms with van der Waals surface area (Å²) in [5, 5.41) is 4.54. The van der Waals surface area contributed by atoms with Gasteiger partial charge in [-0.15, -0.1) is 0 Å². The highest BCUT2D eigenvalue weighted by Gasteiger charge is 2.51. The van der Waals surface area contributed by atoms with Crippen molar-refractivity contribution in [2.75, 3.05) is 0 Å². The Hall–Kier alpha value is -1.12. The van der Waals surface area contributed by atoms with Crippen LogP contribution in [0, 0.1) is 0 Å². The Labute approximate surface area is 96.8 Å². The van der Waals surface area contributed by atoms with Crippen molar-refractivity contribution in [2.24, 2.45) is 7.05 Å². The first-order valence-electron chi connectivity index (χ1n) is 5.83. The summed E-state index contributed by atoms with van der Waals surface area (Å²) >= 11 is 0. The summed E-state index contributed by atoms with van der Waals surface area (Å²) in [7, 11) is 1.93. The number of ketones is 1. The average molecular weight is 220 g/mol. The molecule has 1 saturated carbocycles. The van der Waals surface area contributed by atoms with E-state index in [2.05, 4.69) is 25.9 Å². The van der Waals surface area contributed by atoms with Crippen LogP contribution in [0.4, 0.5) is 0 Å². The number of aryl methyl sites for hydroxylation is 1. The molecule has 0 saturated heterocycles. The van der Waals surface area contributed by atoms with E-state index in [4.69, 9.17) is 0 Å². The zero-order valence-electron chi connectivity index (χ0n) is 10.8. The van der Waals surface area contributed by atoms with Crippen LogP contribution in [0.3, 0.4) is 0 Å². The van der Waals surface area contributed by atoms with Crippen LogP contribution in [-0.2, 0) is 22.7 Å². The van der Waals surface area contributed by atoms with E-state index < -0.39 is 0 Å². The van der Waals surface area contributed by atoms with E-state index in [1.165, 1.54) is 0 Å². The van der Waals surface area contributed by atoms with Gasteiger partial charge in [0.2, 0.25) is 0 Å². The number of carbonyl (C=O) groups is 1. The fourth-order valence-corrected chi connectivity index (χ4v) is 2.33. The van der Waals surface area contributed by atoms with Crippen LogP contribution in [0.15, 0.2) is 6.20 Å². The number of hydrogen-bond acceptors (Lipinski definition) is 2. The van der Waals surface area contributed by atoms with E-state index in [0.717, 1.165) is 24.1 Å². The first-order chi connectivity index (χ1) is 7.27. The minimum atomic E-state index is -0.211.